The number of ketones is 1. The third-order valence-electron chi connectivity index (χ3n) is 4.16. The fourth-order valence-corrected chi connectivity index (χ4v) is 2.63. The highest BCUT2D eigenvalue weighted by atomic mass is 16.1. The van der Waals surface area contributed by atoms with E-state index in [1.165, 1.54) is 12.8 Å². The molecule has 2 nitrogen and oxygen atoms in total. The van der Waals surface area contributed by atoms with Crippen LogP contribution in [0.5, 0.6) is 0 Å². The summed E-state index contributed by atoms with van der Waals surface area (Å²) in [7, 11) is 0. The number of carbonyl (C=O) groups is 1. The van der Waals surface area contributed by atoms with Crippen LogP contribution >= 0.6 is 0 Å². The number of hydrogen-bond donors (Lipinski definition) is 1. The fourth-order valence-electron chi connectivity index (χ4n) is 2.63. The summed E-state index contributed by atoms with van der Waals surface area (Å²) >= 11 is 0. The summed E-state index contributed by atoms with van der Waals surface area (Å²) in [5, 5.41) is 0. The van der Waals surface area contributed by atoms with Crippen molar-refractivity contribution in [1.82, 2.24) is 0 Å². The topological polar surface area (TPSA) is 43.1 Å². The van der Waals surface area contributed by atoms with E-state index < -0.39 is 0 Å². The van der Waals surface area contributed by atoms with Crippen molar-refractivity contribution in [3.8, 4) is 0 Å². The molecule has 0 spiro atoms. The first-order valence-electron chi connectivity index (χ1n) is 6.89. The lowest BCUT2D eigenvalue weighted by Gasteiger charge is -2.23. The van der Waals surface area contributed by atoms with E-state index >= 15 is 0 Å². The molecule has 2 N–H and O–H groups in total. The molecule has 2 heteroatoms. The molecule has 1 saturated carbocycles. The third kappa shape index (κ3) is 2.64. The molecule has 98 valence electrons. The molecule has 0 heterocycles. The molecule has 18 heavy (non-hydrogen) atoms. The van der Waals surface area contributed by atoms with Gasteiger partial charge in [-0.3, -0.25) is 4.79 Å². The number of benzene rings is 1. The Bertz CT molecular complexity index is 430. The standard InChI is InChI=1S/C16H23NO/c1-16(2,11-17)14-9-5-8-13(10-14)15(18)12-6-3-4-7-12/h5,8-10,12H,3-4,6-7,11,17H2,1-2H3. The predicted molar refractivity (Wildman–Crippen MR) is 74.8 cm³/mol. The summed E-state index contributed by atoms with van der Waals surface area (Å²) < 4.78 is 0. The molecule has 0 unspecified atom stereocenters. The van der Waals surface area contributed by atoms with Crippen molar-refractivity contribution in [2.24, 2.45) is 11.7 Å². The number of Topliss-reactive ketones (excluding diaryl/α,β-unsaturated/α-hetero) is 1. The Kier molecular flexibility index (Phi) is 3.86. The lowest BCUT2D eigenvalue weighted by Crippen LogP contribution is -2.28. The fraction of sp³-hybridized carbons (Fsp3) is 0.562. The second-order valence-electron chi connectivity index (χ2n) is 6.01. The summed E-state index contributed by atoms with van der Waals surface area (Å²) in [5.74, 6) is 0.573. The van der Waals surface area contributed by atoms with Crippen LogP contribution in [0.3, 0.4) is 0 Å². The van der Waals surface area contributed by atoms with Gasteiger partial charge < -0.3 is 5.73 Å². The smallest absolute Gasteiger partial charge is 0.165 e. The van der Waals surface area contributed by atoms with E-state index in [1.807, 2.05) is 18.2 Å². The number of nitrogens with two attached hydrogens (primary N) is 1. The predicted octanol–water partition coefficient (Wildman–Crippen LogP) is 3.30. The molecular weight excluding hydrogens is 222 g/mol. The maximum atomic E-state index is 12.4. The zero-order valence-corrected chi connectivity index (χ0v) is 11.4. The molecule has 0 saturated heterocycles. The number of hydrogen-bond acceptors (Lipinski definition) is 2. The third-order valence-corrected chi connectivity index (χ3v) is 4.16. The minimum absolute atomic E-state index is 0.0635. The highest BCUT2D eigenvalue weighted by molar-refractivity contribution is 5.98. The van der Waals surface area contributed by atoms with Gasteiger partial charge in [0.2, 0.25) is 0 Å². The zero-order valence-electron chi connectivity index (χ0n) is 11.4. The van der Waals surface area contributed by atoms with Gasteiger partial charge in [0.1, 0.15) is 0 Å². The summed E-state index contributed by atoms with van der Waals surface area (Å²) in [6.45, 7) is 4.83. The Balaban J connectivity index is 2.24. The first kappa shape index (κ1) is 13.3. The molecule has 0 bridgehead atoms. The van der Waals surface area contributed by atoms with Gasteiger partial charge in [-0.25, -0.2) is 0 Å². The van der Waals surface area contributed by atoms with Crippen molar-refractivity contribution < 1.29 is 4.79 Å². The lowest BCUT2D eigenvalue weighted by molar-refractivity contribution is 0.0922. The molecular formula is C16H23NO. The molecule has 0 aromatic heterocycles. The van der Waals surface area contributed by atoms with E-state index in [0.29, 0.717) is 12.3 Å². The molecule has 1 fully saturated rings. The second kappa shape index (κ2) is 5.23. The van der Waals surface area contributed by atoms with Gasteiger partial charge in [0.05, 0.1) is 0 Å². The number of carbonyl (C=O) groups excluding carboxylic acids is 1. The zero-order chi connectivity index (χ0) is 13.2. The van der Waals surface area contributed by atoms with Gasteiger partial charge in [0.25, 0.3) is 0 Å². The van der Waals surface area contributed by atoms with Crippen LogP contribution in [0.25, 0.3) is 0 Å². The van der Waals surface area contributed by atoms with Crippen molar-refractivity contribution in [2.75, 3.05) is 6.54 Å². The summed E-state index contributed by atoms with van der Waals surface area (Å²) in [5.41, 5.74) is 7.76. The van der Waals surface area contributed by atoms with Crippen LogP contribution in [0.2, 0.25) is 0 Å². The Hall–Kier alpha value is -1.15. The van der Waals surface area contributed by atoms with Gasteiger partial charge in [-0.15, -0.1) is 0 Å². The molecule has 1 aromatic rings. The largest absolute Gasteiger partial charge is 0.330 e. The molecule has 0 aliphatic heterocycles. The van der Waals surface area contributed by atoms with Crippen LogP contribution in [0.15, 0.2) is 24.3 Å². The first-order valence-corrected chi connectivity index (χ1v) is 6.89. The van der Waals surface area contributed by atoms with Gasteiger partial charge in [0, 0.05) is 23.4 Å². The molecule has 0 amide bonds. The molecule has 1 aromatic carbocycles. The van der Waals surface area contributed by atoms with Crippen LogP contribution in [0, 0.1) is 5.92 Å². The second-order valence-corrected chi connectivity index (χ2v) is 6.01. The monoisotopic (exact) mass is 245 g/mol. The Labute approximate surface area is 110 Å². The average Bonchev–Trinajstić information content (AvgIpc) is 2.92. The molecule has 0 atom stereocenters. The molecule has 2 rings (SSSR count). The Morgan fingerprint density at radius 3 is 2.61 bits per heavy atom. The Morgan fingerprint density at radius 2 is 2.00 bits per heavy atom. The highest BCUT2D eigenvalue weighted by Gasteiger charge is 2.25. The van der Waals surface area contributed by atoms with Crippen LogP contribution < -0.4 is 5.73 Å². The van der Waals surface area contributed by atoms with Crippen LogP contribution in [0.1, 0.15) is 55.5 Å². The van der Waals surface area contributed by atoms with Crippen LogP contribution in [-0.4, -0.2) is 12.3 Å². The molecule has 1 aliphatic rings. The quantitative estimate of drug-likeness (QED) is 0.827. The lowest BCUT2D eigenvalue weighted by atomic mass is 9.83. The van der Waals surface area contributed by atoms with Gasteiger partial charge in [-0.2, -0.15) is 0 Å². The summed E-state index contributed by atoms with van der Waals surface area (Å²) in [6.07, 6.45) is 4.52. The minimum Gasteiger partial charge on any atom is -0.330 e. The van der Waals surface area contributed by atoms with Gasteiger partial charge in [-0.05, 0) is 24.5 Å². The maximum absolute atomic E-state index is 12.4. The van der Waals surface area contributed by atoms with Gasteiger partial charge in [0.15, 0.2) is 5.78 Å². The van der Waals surface area contributed by atoms with E-state index in [0.717, 1.165) is 24.0 Å². The average molecular weight is 245 g/mol. The van der Waals surface area contributed by atoms with Crippen molar-refractivity contribution in [3.63, 3.8) is 0 Å². The van der Waals surface area contributed by atoms with E-state index in [2.05, 4.69) is 19.9 Å². The minimum atomic E-state index is -0.0635. The van der Waals surface area contributed by atoms with Gasteiger partial charge in [-0.1, -0.05) is 44.9 Å². The number of rotatable bonds is 4. The highest BCUT2D eigenvalue weighted by Crippen LogP contribution is 2.29. The van der Waals surface area contributed by atoms with E-state index in [9.17, 15) is 4.79 Å². The van der Waals surface area contributed by atoms with Crippen molar-refractivity contribution in [2.45, 2.75) is 44.9 Å². The first-order chi connectivity index (χ1) is 8.54. The maximum Gasteiger partial charge on any atom is 0.165 e. The van der Waals surface area contributed by atoms with E-state index in [4.69, 9.17) is 5.73 Å². The van der Waals surface area contributed by atoms with E-state index in [-0.39, 0.29) is 11.3 Å². The van der Waals surface area contributed by atoms with Crippen LogP contribution in [-0.2, 0) is 5.41 Å². The summed E-state index contributed by atoms with van der Waals surface area (Å²) in [6, 6.07) is 8.03. The Morgan fingerprint density at radius 1 is 1.33 bits per heavy atom. The molecule has 1 aliphatic carbocycles. The van der Waals surface area contributed by atoms with Crippen molar-refractivity contribution >= 4 is 5.78 Å². The SMILES string of the molecule is CC(C)(CN)c1cccc(C(=O)C2CCCC2)c1. The van der Waals surface area contributed by atoms with Crippen molar-refractivity contribution in [3.05, 3.63) is 35.4 Å². The van der Waals surface area contributed by atoms with Crippen LogP contribution in [0.4, 0.5) is 0 Å². The normalized spacial score (nSPS) is 17.1. The van der Waals surface area contributed by atoms with Crippen molar-refractivity contribution in [1.29, 1.82) is 0 Å². The van der Waals surface area contributed by atoms with E-state index in [1.54, 1.807) is 0 Å². The van der Waals surface area contributed by atoms with Gasteiger partial charge >= 0.3 is 0 Å². The summed E-state index contributed by atoms with van der Waals surface area (Å²) in [4.78, 5) is 12.4. The molecule has 0 radical (unpaired) electrons.